The number of carboxylic acids is 1. The van der Waals surface area contributed by atoms with E-state index in [1.165, 1.54) is 0 Å². The number of nitrogens with one attached hydrogen (secondary N) is 1. The molecule has 1 rings (SSSR count). The fourth-order valence-corrected chi connectivity index (χ4v) is 0.730. The molecule has 0 aliphatic heterocycles. The third-order valence-electron chi connectivity index (χ3n) is 1.21. The zero-order valence-corrected chi connectivity index (χ0v) is 8.91. The molecule has 1 aromatic rings. The van der Waals surface area contributed by atoms with Gasteiger partial charge in [0.25, 0.3) is 0 Å². The fraction of sp³-hybridized carbons (Fsp3) is 0.125. The molecule has 58 valence electrons. The molecule has 0 saturated carbocycles. The molecule has 0 fully saturated rings. The van der Waals surface area contributed by atoms with Crippen LogP contribution in [0.3, 0.4) is 0 Å². The average molecular weight is 173 g/mol. The molecule has 0 aromatic heterocycles. The Hall–Kier alpha value is -0.510. The van der Waals surface area contributed by atoms with Crippen LogP contribution >= 0.6 is 0 Å². The second-order valence-corrected chi connectivity index (χ2v) is 2.09. The first-order valence-corrected chi connectivity index (χ1v) is 3.28. The topological polar surface area (TPSA) is 52.2 Å². The number of aliphatic carboxylic acids is 1. The van der Waals surface area contributed by atoms with E-state index in [9.17, 15) is 9.90 Å². The van der Waals surface area contributed by atoms with Gasteiger partial charge in [0, 0.05) is 5.69 Å². The van der Waals surface area contributed by atoms with Crippen molar-refractivity contribution < 1.29 is 39.5 Å². The maximum absolute atomic E-state index is 10.00. The molecule has 0 spiro atoms. The predicted molar refractivity (Wildman–Crippen MR) is 39.9 cm³/mol. The van der Waals surface area contributed by atoms with Crippen LogP contribution in [0.15, 0.2) is 30.3 Å². The Labute approximate surface area is 93.1 Å². The van der Waals surface area contributed by atoms with Gasteiger partial charge in [-0.25, -0.2) is 0 Å². The molecule has 0 amide bonds. The van der Waals surface area contributed by atoms with Crippen molar-refractivity contribution in [3.05, 3.63) is 30.3 Å². The van der Waals surface area contributed by atoms with Gasteiger partial charge < -0.3 is 15.2 Å². The number of carboxylic acid groups (broad SMARTS) is 1. The van der Waals surface area contributed by atoms with Crippen LogP contribution in [-0.4, -0.2) is 12.5 Å². The van der Waals surface area contributed by atoms with E-state index in [1.54, 1.807) is 12.1 Å². The minimum atomic E-state index is -1.10. The molecule has 12 heavy (non-hydrogen) atoms. The van der Waals surface area contributed by atoms with Crippen molar-refractivity contribution in [1.29, 1.82) is 0 Å². The molecule has 0 aliphatic rings. The van der Waals surface area contributed by atoms with E-state index in [0.29, 0.717) is 0 Å². The van der Waals surface area contributed by atoms with Gasteiger partial charge in [0.15, 0.2) is 0 Å². The number of anilines is 1. The van der Waals surface area contributed by atoms with Gasteiger partial charge >= 0.3 is 29.6 Å². The van der Waals surface area contributed by atoms with Gasteiger partial charge in [0.05, 0.1) is 12.5 Å². The first-order chi connectivity index (χ1) is 5.29. The first kappa shape index (κ1) is 11.5. The SMILES string of the molecule is O=C([O-])CNc1ccccc1.[Na+]. The average Bonchev–Trinajstić information content (AvgIpc) is 2.03. The molecular weight excluding hydrogens is 165 g/mol. The largest absolute Gasteiger partial charge is 1.00 e. The summed E-state index contributed by atoms with van der Waals surface area (Å²) >= 11 is 0. The smallest absolute Gasteiger partial charge is 0.548 e. The predicted octanol–water partition coefficient (Wildman–Crippen LogP) is -3.15. The minimum absolute atomic E-state index is 0. The molecule has 0 aliphatic carbocycles. The van der Waals surface area contributed by atoms with Gasteiger partial charge in [-0.05, 0) is 12.1 Å². The molecule has 0 heterocycles. The zero-order chi connectivity index (χ0) is 8.10. The quantitative estimate of drug-likeness (QED) is 0.491. The Bertz CT molecular complexity index is 238. The van der Waals surface area contributed by atoms with Crippen molar-refractivity contribution in [2.24, 2.45) is 0 Å². The van der Waals surface area contributed by atoms with E-state index in [2.05, 4.69) is 5.32 Å². The molecule has 0 bridgehead atoms. The Kier molecular flexibility index (Phi) is 5.80. The van der Waals surface area contributed by atoms with E-state index in [1.807, 2.05) is 18.2 Å². The second kappa shape index (κ2) is 6.06. The fourth-order valence-electron chi connectivity index (χ4n) is 0.730. The summed E-state index contributed by atoms with van der Waals surface area (Å²) in [4.78, 5) is 10.00. The normalized spacial score (nSPS) is 8.33. The number of benzene rings is 1. The van der Waals surface area contributed by atoms with Crippen LogP contribution in [0, 0.1) is 0 Å². The van der Waals surface area contributed by atoms with Crippen LogP contribution < -0.4 is 40.0 Å². The molecule has 1 aromatic carbocycles. The molecule has 4 heteroatoms. The summed E-state index contributed by atoms with van der Waals surface area (Å²) < 4.78 is 0. The summed E-state index contributed by atoms with van der Waals surface area (Å²) in [5, 5.41) is 12.7. The van der Waals surface area contributed by atoms with Crippen molar-refractivity contribution in [2.45, 2.75) is 0 Å². The number of para-hydroxylation sites is 1. The Balaban J connectivity index is 0.00000121. The molecule has 0 saturated heterocycles. The van der Waals surface area contributed by atoms with E-state index in [4.69, 9.17) is 0 Å². The third-order valence-corrected chi connectivity index (χ3v) is 1.21. The van der Waals surface area contributed by atoms with Gasteiger partial charge in [0.2, 0.25) is 0 Å². The maximum Gasteiger partial charge on any atom is 1.00 e. The summed E-state index contributed by atoms with van der Waals surface area (Å²) in [5.41, 5.74) is 0.789. The third kappa shape index (κ3) is 4.38. The van der Waals surface area contributed by atoms with Crippen molar-refractivity contribution in [2.75, 3.05) is 11.9 Å². The van der Waals surface area contributed by atoms with Crippen molar-refractivity contribution in [3.8, 4) is 0 Å². The molecule has 1 N–H and O–H groups in total. The minimum Gasteiger partial charge on any atom is -0.548 e. The molecule has 0 atom stereocenters. The van der Waals surface area contributed by atoms with Gasteiger partial charge in [-0.2, -0.15) is 0 Å². The number of rotatable bonds is 3. The second-order valence-electron chi connectivity index (χ2n) is 2.09. The van der Waals surface area contributed by atoms with Crippen molar-refractivity contribution in [1.82, 2.24) is 0 Å². The van der Waals surface area contributed by atoms with Crippen LogP contribution in [0.5, 0.6) is 0 Å². The van der Waals surface area contributed by atoms with Gasteiger partial charge in [-0.15, -0.1) is 0 Å². The van der Waals surface area contributed by atoms with Crippen LogP contribution in [0.25, 0.3) is 0 Å². The summed E-state index contributed by atoms with van der Waals surface area (Å²) in [6.07, 6.45) is 0. The number of hydrogen-bond acceptors (Lipinski definition) is 3. The van der Waals surface area contributed by atoms with Crippen molar-refractivity contribution >= 4 is 11.7 Å². The summed E-state index contributed by atoms with van der Waals surface area (Å²) in [5.74, 6) is -1.10. The standard InChI is InChI=1S/C8H9NO2.Na/c10-8(11)6-9-7-4-2-1-3-5-7;/h1-5,9H,6H2,(H,10,11);/q;+1/p-1. The van der Waals surface area contributed by atoms with Crippen LogP contribution in [0.1, 0.15) is 0 Å². The van der Waals surface area contributed by atoms with E-state index in [0.717, 1.165) is 5.69 Å². The Morgan fingerprint density at radius 3 is 2.42 bits per heavy atom. The number of hydrogen-bond donors (Lipinski definition) is 1. The summed E-state index contributed by atoms with van der Waals surface area (Å²) in [7, 11) is 0. The summed E-state index contributed by atoms with van der Waals surface area (Å²) in [6, 6.07) is 9.12. The first-order valence-electron chi connectivity index (χ1n) is 3.28. The number of carbonyl (C=O) groups is 1. The molecule has 0 unspecified atom stereocenters. The van der Waals surface area contributed by atoms with Gasteiger partial charge in [-0.1, -0.05) is 18.2 Å². The Morgan fingerprint density at radius 2 is 1.92 bits per heavy atom. The van der Waals surface area contributed by atoms with Crippen LogP contribution in [0.2, 0.25) is 0 Å². The van der Waals surface area contributed by atoms with Crippen LogP contribution in [0.4, 0.5) is 5.69 Å². The zero-order valence-electron chi connectivity index (χ0n) is 6.91. The van der Waals surface area contributed by atoms with E-state index in [-0.39, 0.29) is 36.1 Å². The van der Waals surface area contributed by atoms with Crippen molar-refractivity contribution in [3.63, 3.8) is 0 Å². The molecule has 3 nitrogen and oxygen atoms in total. The summed E-state index contributed by atoms with van der Waals surface area (Å²) in [6.45, 7) is -0.149. The monoisotopic (exact) mass is 173 g/mol. The van der Waals surface area contributed by atoms with E-state index < -0.39 is 5.97 Å². The maximum atomic E-state index is 10.00. The number of carbonyl (C=O) groups excluding carboxylic acids is 1. The van der Waals surface area contributed by atoms with Gasteiger partial charge in [0.1, 0.15) is 0 Å². The van der Waals surface area contributed by atoms with Crippen LogP contribution in [-0.2, 0) is 4.79 Å². The van der Waals surface area contributed by atoms with Gasteiger partial charge in [-0.3, -0.25) is 0 Å². The molecular formula is C8H8NNaO2. The van der Waals surface area contributed by atoms with E-state index >= 15 is 0 Å². The molecule has 0 radical (unpaired) electrons. The Morgan fingerprint density at radius 1 is 1.33 bits per heavy atom.